The van der Waals surface area contributed by atoms with Gasteiger partial charge in [-0.25, -0.2) is 0 Å². The van der Waals surface area contributed by atoms with E-state index in [1.165, 1.54) is 59.5 Å². The Labute approximate surface area is 293 Å². The molecule has 3 heteroatoms. The highest BCUT2D eigenvalue weighted by atomic mass is 16.3. The van der Waals surface area contributed by atoms with Gasteiger partial charge in [0.1, 0.15) is 0 Å². The maximum atomic E-state index is 6.74. The number of nitrogens with zero attached hydrogens (tertiary/aromatic N) is 2. The quantitative estimate of drug-likeness (QED) is 0.171. The van der Waals surface area contributed by atoms with Crippen molar-refractivity contribution in [3.8, 4) is 11.4 Å². The summed E-state index contributed by atoms with van der Waals surface area (Å²) in [5, 5.41) is 12.0. The highest BCUT2D eigenvalue weighted by molar-refractivity contribution is 6.29. The average molecular weight is 651 g/mol. The van der Waals surface area contributed by atoms with Crippen LogP contribution in [-0.2, 0) is 0 Å². The predicted molar refractivity (Wildman–Crippen MR) is 215 cm³/mol. The number of fused-ring (bicyclic) bond motifs is 13. The number of aromatic nitrogens is 2. The molecule has 2 aromatic heterocycles. The van der Waals surface area contributed by atoms with E-state index >= 15 is 0 Å². The van der Waals surface area contributed by atoms with Crippen LogP contribution in [0.1, 0.15) is 0 Å². The molecule has 0 bridgehead atoms. The molecule has 51 heavy (non-hydrogen) atoms. The van der Waals surface area contributed by atoms with Crippen molar-refractivity contribution < 1.29 is 4.42 Å². The van der Waals surface area contributed by atoms with Crippen LogP contribution in [-0.4, -0.2) is 9.13 Å². The molecule has 11 aromatic rings. The van der Waals surface area contributed by atoms with Crippen molar-refractivity contribution >= 4 is 87.1 Å². The molecule has 0 aliphatic carbocycles. The first-order chi connectivity index (χ1) is 25.3. The van der Waals surface area contributed by atoms with Crippen molar-refractivity contribution in [1.82, 2.24) is 9.13 Å². The van der Waals surface area contributed by atoms with Gasteiger partial charge in [0.25, 0.3) is 0 Å². The normalized spacial score (nSPS) is 11.9. The van der Waals surface area contributed by atoms with Crippen LogP contribution in [0.5, 0.6) is 0 Å². The summed E-state index contributed by atoms with van der Waals surface area (Å²) in [7, 11) is 0. The Kier molecular flexibility index (Phi) is 5.96. The van der Waals surface area contributed by atoms with E-state index in [9.17, 15) is 0 Å². The Morgan fingerprint density at radius 1 is 0.294 bits per heavy atom. The summed E-state index contributed by atoms with van der Waals surface area (Å²) in [5.74, 6) is 0. The first-order valence-corrected chi connectivity index (χ1v) is 17.4. The Morgan fingerprint density at radius 3 is 1.47 bits per heavy atom. The number of para-hydroxylation sites is 5. The van der Waals surface area contributed by atoms with Gasteiger partial charge in [-0.2, -0.15) is 0 Å². The van der Waals surface area contributed by atoms with Gasteiger partial charge >= 0.3 is 0 Å². The largest absolute Gasteiger partial charge is 0.453 e. The molecule has 9 aromatic carbocycles. The van der Waals surface area contributed by atoms with E-state index in [2.05, 4.69) is 185 Å². The first kappa shape index (κ1) is 28.0. The highest BCUT2D eigenvalue weighted by Gasteiger charge is 2.18. The fourth-order valence-electron chi connectivity index (χ4n) is 8.41. The van der Waals surface area contributed by atoms with E-state index in [1.807, 2.05) is 6.07 Å². The van der Waals surface area contributed by atoms with Gasteiger partial charge in [-0.3, -0.25) is 0 Å². The molecule has 11 rings (SSSR count). The van der Waals surface area contributed by atoms with Crippen molar-refractivity contribution in [2.24, 2.45) is 0 Å². The molecule has 0 fully saturated rings. The molecule has 238 valence electrons. The lowest BCUT2D eigenvalue weighted by Gasteiger charge is -2.18. The van der Waals surface area contributed by atoms with E-state index in [4.69, 9.17) is 4.42 Å². The molecule has 0 atom stereocenters. The Bertz CT molecular complexity index is 3200. The van der Waals surface area contributed by atoms with Crippen molar-refractivity contribution in [1.29, 1.82) is 0 Å². The van der Waals surface area contributed by atoms with Crippen molar-refractivity contribution in [3.05, 3.63) is 182 Å². The molecule has 0 amide bonds. The van der Waals surface area contributed by atoms with Gasteiger partial charge < -0.3 is 13.6 Å². The van der Waals surface area contributed by atoms with Gasteiger partial charge in [-0.1, -0.05) is 127 Å². The zero-order chi connectivity index (χ0) is 33.5. The summed E-state index contributed by atoms with van der Waals surface area (Å²) in [6.45, 7) is 0. The summed E-state index contributed by atoms with van der Waals surface area (Å²) in [6.07, 6.45) is 0. The Hall–Kier alpha value is -6.84. The Balaban J connectivity index is 1.40. The lowest BCUT2D eigenvalue weighted by atomic mass is 9.93. The van der Waals surface area contributed by atoms with Gasteiger partial charge in [0.2, 0.25) is 0 Å². The summed E-state index contributed by atoms with van der Waals surface area (Å²) in [6, 6.07) is 65.6. The van der Waals surface area contributed by atoms with Crippen LogP contribution in [0.4, 0.5) is 0 Å². The number of rotatable bonds is 2. The van der Waals surface area contributed by atoms with Gasteiger partial charge in [-0.15, -0.1) is 0 Å². The molecule has 0 spiro atoms. The molecule has 0 saturated carbocycles. The second-order valence-corrected chi connectivity index (χ2v) is 13.3. The lowest BCUT2D eigenvalue weighted by molar-refractivity contribution is 0.654. The monoisotopic (exact) mass is 650 g/mol. The fourth-order valence-corrected chi connectivity index (χ4v) is 8.41. The molecule has 0 radical (unpaired) electrons. The average Bonchev–Trinajstić information content (AvgIpc) is 3.53. The van der Waals surface area contributed by atoms with Gasteiger partial charge in [0.05, 0.1) is 27.8 Å². The minimum absolute atomic E-state index is 0.836. The minimum Gasteiger partial charge on any atom is -0.453 e. The van der Waals surface area contributed by atoms with Crippen molar-refractivity contribution in [2.45, 2.75) is 0 Å². The third-order valence-electron chi connectivity index (χ3n) is 10.5. The molecule has 0 N–H and O–H groups in total. The summed E-state index contributed by atoms with van der Waals surface area (Å²) in [4.78, 5) is 0. The molecule has 0 saturated heterocycles. The van der Waals surface area contributed by atoms with Crippen LogP contribution in [0, 0.1) is 0 Å². The highest BCUT2D eigenvalue weighted by Crippen LogP contribution is 2.42. The molecular formula is C48H30N2O. The van der Waals surface area contributed by atoms with E-state index in [0.29, 0.717) is 0 Å². The van der Waals surface area contributed by atoms with Crippen LogP contribution >= 0.6 is 0 Å². The standard InChI is InChI=1S/C48H30N2O/c1-2-15-31(16-3-1)49-43-26-12-13-28-46(43)51-47-30-40-33-18-5-4-17-32(33)38-23-14-27-44(48(38)37-22-7-6-19-34(37)39(40)29-45(47)49)50-41-24-10-8-20-35(41)36-21-9-11-25-42(36)50/h1-30H. The summed E-state index contributed by atoms with van der Waals surface area (Å²) >= 11 is 0. The van der Waals surface area contributed by atoms with Gasteiger partial charge in [0.15, 0.2) is 11.2 Å². The smallest absolute Gasteiger partial charge is 0.152 e. The van der Waals surface area contributed by atoms with Crippen LogP contribution in [0.3, 0.4) is 0 Å². The van der Waals surface area contributed by atoms with E-state index < -0.39 is 0 Å². The van der Waals surface area contributed by atoms with Gasteiger partial charge in [-0.05, 0) is 92.3 Å². The second kappa shape index (κ2) is 10.8. The van der Waals surface area contributed by atoms with Crippen LogP contribution in [0.2, 0.25) is 0 Å². The fraction of sp³-hybridized carbons (Fsp3) is 0. The Morgan fingerprint density at radius 2 is 0.784 bits per heavy atom. The third kappa shape index (κ3) is 4.06. The molecular weight excluding hydrogens is 621 g/mol. The van der Waals surface area contributed by atoms with E-state index in [1.54, 1.807) is 0 Å². The summed E-state index contributed by atoms with van der Waals surface area (Å²) < 4.78 is 11.5. The van der Waals surface area contributed by atoms with Crippen LogP contribution in [0.15, 0.2) is 186 Å². The molecule has 0 aliphatic heterocycles. The minimum atomic E-state index is 0.836. The number of hydrogen-bond donors (Lipinski definition) is 0. The molecule has 0 unspecified atom stereocenters. The SMILES string of the molecule is c1ccc(-n2c3ccccc3oc3cc4c5ccccc5c5cccc(-n6c7ccccc7c7ccccc76)c5c5ccccc5c4cc32)cc1. The molecule has 3 nitrogen and oxygen atoms in total. The van der Waals surface area contributed by atoms with Crippen LogP contribution in [0.25, 0.3) is 98.5 Å². The molecule has 0 aliphatic rings. The van der Waals surface area contributed by atoms with E-state index in [-0.39, 0.29) is 0 Å². The summed E-state index contributed by atoms with van der Waals surface area (Å²) in [5.41, 5.74) is 8.37. The van der Waals surface area contributed by atoms with E-state index in [0.717, 1.165) is 39.0 Å². The lowest BCUT2D eigenvalue weighted by Crippen LogP contribution is -2.00. The van der Waals surface area contributed by atoms with Crippen LogP contribution < -0.4 is 0 Å². The van der Waals surface area contributed by atoms with Crippen molar-refractivity contribution in [3.63, 3.8) is 0 Å². The maximum Gasteiger partial charge on any atom is 0.152 e. The number of hydrogen-bond acceptors (Lipinski definition) is 1. The zero-order valence-electron chi connectivity index (χ0n) is 27.6. The number of benzene rings is 8. The van der Waals surface area contributed by atoms with Crippen molar-refractivity contribution in [2.75, 3.05) is 0 Å². The van der Waals surface area contributed by atoms with Gasteiger partial charge in [0, 0.05) is 21.8 Å². The first-order valence-electron chi connectivity index (χ1n) is 17.4. The third-order valence-corrected chi connectivity index (χ3v) is 10.5. The topological polar surface area (TPSA) is 23.0 Å². The maximum absolute atomic E-state index is 6.74. The second-order valence-electron chi connectivity index (χ2n) is 13.3. The molecule has 2 heterocycles. The zero-order valence-corrected chi connectivity index (χ0v) is 27.6. The predicted octanol–water partition coefficient (Wildman–Crippen LogP) is 13.2.